The number of benzene rings is 1. The highest BCUT2D eigenvalue weighted by molar-refractivity contribution is 9.10. The predicted octanol–water partition coefficient (Wildman–Crippen LogP) is 2.69. The molecule has 1 saturated heterocycles. The van der Waals surface area contributed by atoms with Crippen LogP contribution in [-0.4, -0.2) is 52.9 Å². The molecule has 2 aromatic heterocycles. The van der Waals surface area contributed by atoms with Crippen LogP contribution >= 0.6 is 39.3 Å². The van der Waals surface area contributed by atoms with E-state index in [2.05, 4.69) is 36.2 Å². The topological polar surface area (TPSA) is 96.1 Å². The van der Waals surface area contributed by atoms with Crippen LogP contribution in [0.5, 0.6) is 0 Å². The lowest BCUT2D eigenvalue weighted by molar-refractivity contribution is 0.0396. The molecule has 1 aromatic carbocycles. The van der Waals surface area contributed by atoms with Crippen LogP contribution in [0.3, 0.4) is 0 Å². The first-order valence-electron chi connectivity index (χ1n) is 8.35. The fourth-order valence-corrected chi connectivity index (χ4v) is 4.93. The first kappa shape index (κ1) is 18.9. The second-order valence-corrected chi connectivity index (χ2v) is 8.85. The van der Waals surface area contributed by atoms with E-state index >= 15 is 0 Å². The van der Waals surface area contributed by atoms with Crippen molar-refractivity contribution in [3.05, 3.63) is 45.9 Å². The van der Waals surface area contributed by atoms with Crippen molar-refractivity contribution in [1.82, 2.24) is 19.5 Å². The van der Waals surface area contributed by atoms with Crippen molar-refractivity contribution in [2.45, 2.75) is 30.5 Å². The second kappa shape index (κ2) is 7.92. The molecule has 3 aromatic rings. The molecule has 3 heterocycles. The van der Waals surface area contributed by atoms with E-state index < -0.39 is 12.2 Å². The summed E-state index contributed by atoms with van der Waals surface area (Å²) in [6, 6.07) is 7.98. The molecule has 1 aliphatic rings. The molecule has 7 nitrogen and oxygen atoms in total. The van der Waals surface area contributed by atoms with Crippen molar-refractivity contribution in [2.24, 2.45) is 0 Å². The number of nitrogens with one attached hydrogen (secondary N) is 1. The third-order valence-electron chi connectivity index (χ3n) is 4.42. The molecule has 3 atom stereocenters. The molecular formula is C17H17BrClN5O2S. The molecule has 1 fully saturated rings. The summed E-state index contributed by atoms with van der Waals surface area (Å²) in [4.78, 5) is 13.0. The number of thioether (sulfide) groups is 1. The highest BCUT2D eigenvalue weighted by Gasteiger charge is 2.34. The predicted molar refractivity (Wildman–Crippen MR) is 110 cm³/mol. The minimum Gasteiger partial charge on any atom is -0.390 e. The molecule has 0 bridgehead atoms. The van der Waals surface area contributed by atoms with E-state index in [1.807, 2.05) is 28.8 Å². The number of imidazole rings is 1. The van der Waals surface area contributed by atoms with Crippen molar-refractivity contribution in [2.75, 3.05) is 11.1 Å². The lowest BCUT2D eigenvalue weighted by Gasteiger charge is -2.16. The second-order valence-electron chi connectivity index (χ2n) is 6.32. The number of anilines is 1. The Balaban J connectivity index is 1.58. The van der Waals surface area contributed by atoms with Gasteiger partial charge in [-0.25, -0.2) is 4.98 Å². The fourth-order valence-electron chi connectivity index (χ4n) is 3.03. The Morgan fingerprint density at radius 3 is 2.93 bits per heavy atom. The van der Waals surface area contributed by atoms with E-state index in [1.165, 1.54) is 11.8 Å². The maximum Gasteiger partial charge on any atom is 0.226 e. The average molecular weight is 471 g/mol. The number of aliphatic hydroxyl groups is 2. The van der Waals surface area contributed by atoms with E-state index in [0.717, 1.165) is 10.0 Å². The van der Waals surface area contributed by atoms with Crippen molar-refractivity contribution in [1.29, 1.82) is 0 Å². The Hall–Kier alpha value is -1.39. The Morgan fingerprint density at radius 1 is 1.33 bits per heavy atom. The van der Waals surface area contributed by atoms with Gasteiger partial charge in [0, 0.05) is 23.3 Å². The molecular weight excluding hydrogens is 454 g/mol. The molecule has 0 saturated carbocycles. The standard InChI is InChI=1S/C17H17BrClN5O2S/c18-10-3-1-2-9(4-10)5-20-15-13-16(23-17(19)22-15)24(8-21-13)6-12-14(26)11(25)7-27-12/h1-4,8,11-12,14,25-26H,5-7H2,(H,20,22,23)/t11-,12+,14-/m1/s1. The van der Waals surface area contributed by atoms with Crippen LogP contribution in [0.4, 0.5) is 5.82 Å². The SMILES string of the molecule is O[C@@H]1[C@H](O)CS[C@H]1Cn1cnc2c(NCc3cccc(Br)c3)nc(Cl)nc21. The molecule has 0 aliphatic carbocycles. The van der Waals surface area contributed by atoms with Crippen molar-refractivity contribution in [3.63, 3.8) is 0 Å². The normalized spacial score (nSPS) is 22.4. The van der Waals surface area contributed by atoms with Gasteiger partial charge in [0.25, 0.3) is 0 Å². The smallest absolute Gasteiger partial charge is 0.226 e. The molecule has 142 valence electrons. The van der Waals surface area contributed by atoms with Gasteiger partial charge >= 0.3 is 0 Å². The number of rotatable bonds is 5. The minimum absolute atomic E-state index is 0.121. The van der Waals surface area contributed by atoms with Crippen LogP contribution in [0.25, 0.3) is 11.2 Å². The van der Waals surface area contributed by atoms with Gasteiger partial charge in [0.2, 0.25) is 5.28 Å². The zero-order valence-corrected chi connectivity index (χ0v) is 17.2. The first-order chi connectivity index (χ1) is 13.0. The van der Waals surface area contributed by atoms with E-state index in [-0.39, 0.29) is 10.5 Å². The monoisotopic (exact) mass is 469 g/mol. The van der Waals surface area contributed by atoms with Gasteiger partial charge in [-0.2, -0.15) is 21.7 Å². The Bertz CT molecular complexity index is 972. The summed E-state index contributed by atoms with van der Waals surface area (Å²) in [5, 5.41) is 23.1. The van der Waals surface area contributed by atoms with Gasteiger partial charge in [-0.3, -0.25) is 0 Å². The van der Waals surface area contributed by atoms with Crippen molar-refractivity contribution >= 4 is 56.3 Å². The summed E-state index contributed by atoms with van der Waals surface area (Å²) in [5.74, 6) is 1.08. The number of hydrogen-bond donors (Lipinski definition) is 3. The Labute approximate surface area is 173 Å². The van der Waals surface area contributed by atoms with Gasteiger partial charge in [-0.1, -0.05) is 28.1 Å². The van der Waals surface area contributed by atoms with E-state index in [4.69, 9.17) is 11.6 Å². The molecule has 27 heavy (non-hydrogen) atoms. The summed E-state index contributed by atoms with van der Waals surface area (Å²) < 4.78 is 2.85. The van der Waals surface area contributed by atoms with Crippen LogP contribution in [-0.2, 0) is 13.1 Å². The summed E-state index contributed by atoms with van der Waals surface area (Å²) in [5.41, 5.74) is 2.31. The molecule has 3 N–H and O–H groups in total. The number of aliphatic hydroxyl groups excluding tert-OH is 2. The number of fused-ring (bicyclic) bond motifs is 1. The maximum absolute atomic E-state index is 10.1. The van der Waals surface area contributed by atoms with Gasteiger partial charge < -0.3 is 20.1 Å². The third kappa shape index (κ3) is 4.07. The molecule has 1 aliphatic heterocycles. The zero-order chi connectivity index (χ0) is 19.0. The van der Waals surface area contributed by atoms with E-state index in [9.17, 15) is 10.2 Å². The first-order valence-corrected chi connectivity index (χ1v) is 10.6. The van der Waals surface area contributed by atoms with Crippen LogP contribution in [0.15, 0.2) is 35.1 Å². The van der Waals surface area contributed by atoms with Gasteiger partial charge in [-0.05, 0) is 29.3 Å². The molecule has 0 spiro atoms. The van der Waals surface area contributed by atoms with Crippen molar-refractivity contribution in [3.8, 4) is 0 Å². The van der Waals surface area contributed by atoms with Crippen LogP contribution in [0.2, 0.25) is 5.28 Å². The molecule has 0 unspecified atom stereocenters. The average Bonchev–Trinajstić information content (AvgIpc) is 3.18. The van der Waals surface area contributed by atoms with Gasteiger partial charge in [-0.15, -0.1) is 0 Å². The van der Waals surface area contributed by atoms with Crippen LogP contribution in [0, 0.1) is 0 Å². The van der Waals surface area contributed by atoms with Gasteiger partial charge in [0.1, 0.15) is 0 Å². The van der Waals surface area contributed by atoms with Gasteiger partial charge in [0.15, 0.2) is 17.0 Å². The van der Waals surface area contributed by atoms with Gasteiger partial charge in [0.05, 0.1) is 23.8 Å². The number of halogens is 2. The molecule has 0 amide bonds. The van der Waals surface area contributed by atoms with Crippen molar-refractivity contribution < 1.29 is 10.2 Å². The van der Waals surface area contributed by atoms with E-state index in [1.54, 1.807) is 6.33 Å². The van der Waals surface area contributed by atoms with Crippen LogP contribution < -0.4 is 5.32 Å². The summed E-state index contributed by atoms with van der Waals surface area (Å²) in [6.45, 7) is 1.05. The molecule has 4 rings (SSSR count). The third-order valence-corrected chi connectivity index (χ3v) is 6.47. The Morgan fingerprint density at radius 2 is 2.19 bits per heavy atom. The van der Waals surface area contributed by atoms with Crippen LogP contribution in [0.1, 0.15) is 5.56 Å². The number of aromatic nitrogens is 4. The number of nitrogens with zero attached hydrogens (tertiary/aromatic N) is 4. The zero-order valence-electron chi connectivity index (χ0n) is 14.1. The summed E-state index contributed by atoms with van der Waals surface area (Å²) >= 11 is 11.1. The summed E-state index contributed by atoms with van der Waals surface area (Å²) in [7, 11) is 0. The highest BCUT2D eigenvalue weighted by Crippen LogP contribution is 2.30. The minimum atomic E-state index is -0.765. The van der Waals surface area contributed by atoms with E-state index in [0.29, 0.717) is 35.8 Å². The largest absolute Gasteiger partial charge is 0.390 e. The maximum atomic E-state index is 10.1. The number of hydrogen-bond acceptors (Lipinski definition) is 7. The Kier molecular flexibility index (Phi) is 5.56. The fraction of sp³-hybridized carbons (Fsp3) is 0.353. The summed E-state index contributed by atoms with van der Waals surface area (Å²) in [6.07, 6.45) is 0.201. The lowest BCUT2D eigenvalue weighted by Crippen LogP contribution is -2.31. The molecule has 10 heteroatoms. The highest BCUT2D eigenvalue weighted by atomic mass is 79.9. The quantitative estimate of drug-likeness (QED) is 0.493. The molecule has 0 radical (unpaired) electrons. The lowest BCUT2D eigenvalue weighted by atomic mass is 10.1.